The first-order valence-corrected chi connectivity index (χ1v) is 8.63. The van der Waals surface area contributed by atoms with Gasteiger partial charge in [-0.2, -0.15) is 4.98 Å². The fourth-order valence-electron chi connectivity index (χ4n) is 2.62. The van der Waals surface area contributed by atoms with Crippen molar-refractivity contribution in [2.45, 2.75) is 10.9 Å². The number of hydrogen-bond acceptors (Lipinski definition) is 7. The van der Waals surface area contributed by atoms with E-state index in [-0.39, 0.29) is 6.79 Å². The van der Waals surface area contributed by atoms with Gasteiger partial charge in [-0.1, -0.05) is 23.0 Å². The lowest BCUT2D eigenvalue weighted by Crippen LogP contribution is -1.92. The molecule has 4 heterocycles. The quantitative estimate of drug-likeness (QED) is 0.521. The Morgan fingerprint density at radius 2 is 2.08 bits per heavy atom. The molecule has 0 aliphatic carbocycles. The zero-order valence-electron chi connectivity index (χ0n) is 13.0. The molecule has 0 saturated heterocycles. The second kappa shape index (κ2) is 5.82. The van der Waals surface area contributed by atoms with Crippen LogP contribution in [0.15, 0.2) is 58.5 Å². The highest BCUT2D eigenvalue weighted by Gasteiger charge is 2.17. The van der Waals surface area contributed by atoms with Crippen LogP contribution in [0.4, 0.5) is 0 Å². The topological polar surface area (TPSA) is 74.7 Å². The van der Waals surface area contributed by atoms with Crippen LogP contribution in [0.1, 0.15) is 5.89 Å². The Kier molecular flexibility index (Phi) is 3.34. The maximum atomic E-state index is 5.38. The van der Waals surface area contributed by atoms with E-state index in [9.17, 15) is 0 Å². The monoisotopic (exact) mass is 352 g/mol. The maximum absolute atomic E-state index is 5.38. The average molecular weight is 352 g/mol. The number of benzene rings is 1. The Hall–Kier alpha value is -3.00. The van der Waals surface area contributed by atoms with Crippen molar-refractivity contribution in [1.82, 2.24) is 19.5 Å². The second-order valence-electron chi connectivity index (χ2n) is 5.40. The molecule has 0 N–H and O–H groups in total. The van der Waals surface area contributed by atoms with E-state index in [4.69, 9.17) is 14.0 Å². The number of rotatable bonds is 4. The summed E-state index contributed by atoms with van der Waals surface area (Å²) in [4.78, 5) is 8.87. The Morgan fingerprint density at radius 1 is 1.12 bits per heavy atom. The van der Waals surface area contributed by atoms with Crippen LogP contribution in [0.25, 0.3) is 16.9 Å². The van der Waals surface area contributed by atoms with Crippen molar-refractivity contribution in [3.63, 3.8) is 0 Å². The number of ether oxygens (including phenoxy) is 2. The smallest absolute Gasteiger partial charge is 0.237 e. The first-order valence-electron chi connectivity index (χ1n) is 7.64. The fraction of sp³-hybridized carbons (Fsp3) is 0.118. The van der Waals surface area contributed by atoms with Crippen LogP contribution >= 0.6 is 11.8 Å². The van der Waals surface area contributed by atoms with Gasteiger partial charge in [-0.3, -0.25) is 4.40 Å². The highest BCUT2D eigenvalue weighted by atomic mass is 32.2. The van der Waals surface area contributed by atoms with Gasteiger partial charge in [-0.05, 0) is 30.3 Å². The molecule has 1 aromatic carbocycles. The third-order valence-corrected chi connectivity index (χ3v) is 4.78. The minimum Gasteiger partial charge on any atom is -0.454 e. The molecule has 3 aromatic heterocycles. The summed E-state index contributed by atoms with van der Waals surface area (Å²) < 4.78 is 18.1. The minimum atomic E-state index is 0.241. The molecule has 8 heteroatoms. The molecular formula is C17H12N4O3S. The Morgan fingerprint density at radius 3 is 3.08 bits per heavy atom. The van der Waals surface area contributed by atoms with Crippen LogP contribution in [0, 0.1) is 0 Å². The van der Waals surface area contributed by atoms with Gasteiger partial charge >= 0.3 is 0 Å². The zero-order valence-corrected chi connectivity index (χ0v) is 13.8. The summed E-state index contributed by atoms with van der Waals surface area (Å²) in [7, 11) is 0. The number of nitrogens with zero attached hydrogens (tertiary/aromatic N) is 4. The van der Waals surface area contributed by atoms with Gasteiger partial charge in [0.2, 0.25) is 18.5 Å². The van der Waals surface area contributed by atoms with Crippen LogP contribution in [-0.2, 0) is 5.75 Å². The van der Waals surface area contributed by atoms with E-state index in [0.717, 1.165) is 22.0 Å². The van der Waals surface area contributed by atoms with Crippen molar-refractivity contribution >= 4 is 17.3 Å². The van der Waals surface area contributed by atoms with E-state index >= 15 is 0 Å². The van der Waals surface area contributed by atoms with E-state index in [1.807, 2.05) is 53.2 Å². The third-order valence-electron chi connectivity index (χ3n) is 3.83. The van der Waals surface area contributed by atoms with Crippen LogP contribution in [0.3, 0.4) is 0 Å². The van der Waals surface area contributed by atoms with E-state index in [1.54, 1.807) is 11.8 Å². The van der Waals surface area contributed by atoms with Gasteiger partial charge in [0.25, 0.3) is 0 Å². The van der Waals surface area contributed by atoms with E-state index < -0.39 is 0 Å². The van der Waals surface area contributed by atoms with Gasteiger partial charge in [0.1, 0.15) is 0 Å². The van der Waals surface area contributed by atoms with Crippen molar-refractivity contribution in [3.8, 4) is 22.9 Å². The van der Waals surface area contributed by atoms with Gasteiger partial charge in [0.05, 0.1) is 17.5 Å². The standard InChI is InChI=1S/C17H12N4O3S/c1-2-6-21-12(3-1)8-18-17(21)25-9-15-19-16(20-24-15)11-4-5-13-14(7-11)23-10-22-13/h1-8H,9-10H2. The summed E-state index contributed by atoms with van der Waals surface area (Å²) in [5, 5.41) is 4.94. The maximum Gasteiger partial charge on any atom is 0.237 e. The van der Waals surface area contributed by atoms with Gasteiger partial charge in [-0.25, -0.2) is 4.98 Å². The summed E-state index contributed by atoms with van der Waals surface area (Å²) in [6, 6.07) is 11.6. The Balaban J connectivity index is 1.34. The van der Waals surface area contributed by atoms with E-state index in [0.29, 0.717) is 23.2 Å². The lowest BCUT2D eigenvalue weighted by Gasteiger charge is -1.98. The number of fused-ring (bicyclic) bond motifs is 2. The minimum absolute atomic E-state index is 0.241. The molecule has 0 radical (unpaired) electrons. The molecule has 124 valence electrons. The SMILES string of the molecule is c1ccn2c(SCc3nc(-c4ccc5c(c4)OCO5)no3)ncc2c1. The molecule has 0 amide bonds. The number of thioether (sulfide) groups is 1. The highest BCUT2D eigenvalue weighted by Crippen LogP contribution is 2.35. The predicted molar refractivity (Wildman–Crippen MR) is 90.6 cm³/mol. The first kappa shape index (κ1) is 14.4. The number of pyridine rings is 1. The van der Waals surface area contributed by atoms with Crippen molar-refractivity contribution in [2.24, 2.45) is 0 Å². The van der Waals surface area contributed by atoms with Crippen LogP contribution in [0.5, 0.6) is 11.5 Å². The average Bonchev–Trinajstić information content (AvgIpc) is 3.38. The summed E-state index contributed by atoms with van der Waals surface area (Å²) in [5.41, 5.74) is 1.88. The fourth-order valence-corrected chi connectivity index (χ4v) is 3.42. The third kappa shape index (κ3) is 2.60. The molecule has 7 nitrogen and oxygen atoms in total. The zero-order chi connectivity index (χ0) is 16.6. The summed E-state index contributed by atoms with van der Waals surface area (Å²) in [6.45, 7) is 0.241. The number of hydrogen-bond donors (Lipinski definition) is 0. The van der Waals surface area contributed by atoms with Crippen molar-refractivity contribution < 1.29 is 14.0 Å². The van der Waals surface area contributed by atoms with Crippen molar-refractivity contribution in [2.75, 3.05) is 6.79 Å². The lowest BCUT2D eigenvalue weighted by molar-refractivity contribution is 0.174. The van der Waals surface area contributed by atoms with Crippen molar-refractivity contribution in [3.05, 3.63) is 54.7 Å². The molecular weight excluding hydrogens is 340 g/mol. The Bertz CT molecular complexity index is 1060. The molecule has 4 aromatic rings. The molecule has 0 saturated carbocycles. The number of aromatic nitrogens is 4. The van der Waals surface area contributed by atoms with Crippen LogP contribution < -0.4 is 9.47 Å². The lowest BCUT2D eigenvalue weighted by atomic mass is 10.2. The van der Waals surface area contributed by atoms with Crippen LogP contribution in [-0.4, -0.2) is 26.3 Å². The van der Waals surface area contributed by atoms with Crippen molar-refractivity contribution in [1.29, 1.82) is 0 Å². The molecule has 5 rings (SSSR count). The van der Waals surface area contributed by atoms with Gasteiger partial charge in [-0.15, -0.1) is 0 Å². The van der Waals surface area contributed by atoms with Gasteiger partial charge in [0, 0.05) is 11.8 Å². The molecule has 1 aliphatic rings. The largest absolute Gasteiger partial charge is 0.454 e. The highest BCUT2D eigenvalue weighted by molar-refractivity contribution is 7.98. The molecule has 0 spiro atoms. The molecule has 0 fully saturated rings. The Labute approximate surface area is 146 Å². The van der Waals surface area contributed by atoms with Crippen LogP contribution in [0.2, 0.25) is 0 Å². The van der Waals surface area contributed by atoms with E-state index in [1.165, 1.54) is 0 Å². The molecule has 1 aliphatic heterocycles. The predicted octanol–water partition coefficient (Wildman–Crippen LogP) is 3.41. The molecule has 25 heavy (non-hydrogen) atoms. The summed E-state index contributed by atoms with van der Waals surface area (Å²) >= 11 is 1.55. The summed E-state index contributed by atoms with van der Waals surface area (Å²) in [6.07, 6.45) is 3.82. The first-order chi connectivity index (χ1) is 12.4. The molecule has 0 bridgehead atoms. The van der Waals surface area contributed by atoms with Gasteiger partial charge < -0.3 is 14.0 Å². The van der Waals surface area contributed by atoms with Gasteiger partial charge in [0.15, 0.2) is 16.7 Å². The molecule has 0 unspecified atom stereocenters. The number of imidazole rings is 1. The summed E-state index contributed by atoms with van der Waals surface area (Å²) in [5.74, 6) is 3.05. The van der Waals surface area contributed by atoms with E-state index in [2.05, 4.69) is 15.1 Å². The molecule has 0 atom stereocenters. The second-order valence-corrected chi connectivity index (χ2v) is 6.35. The normalized spacial score (nSPS) is 12.8.